The first-order valence-corrected chi connectivity index (χ1v) is 6.13. The van der Waals surface area contributed by atoms with Crippen LogP contribution in [0.15, 0.2) is 36.5 Å². The van der Waals surface area contributed by atoms with Gasteiger partial charge in [0.05, 0.1) is 28.4 Å². The number of pyridine rings is 1. The Labute approximate surface area is 120 Å². The number of rotatable bonds is 3. The minimum absolute atomic E-state index is 0.390. The van der Waals surface area contributed by atoms with Crippen molar-refractivity contribution in [2.45, 2.75) is 0 Å². The Morgan fingerprint density at radius 3 is 2.74 bits per heavy atom. The van der Waals surface area contributed by atoms with E-state index in [9.17, 15) is 4.79 Å². The van der Waals surface area contributed by atoms with E-state index in [1.54, 1.807) is 36.5 Å². The number of halogens is 2. The highest BCUT2D eigenvalue weighted by atomic mass is 35.5. The quantitative estimate of drug-likeness (QED) is 0.872. The van der Waals surface area contributed by atoms with Crippen LogP contribution in [0.4, 0.5) is 11.5 Å². The zero-order valence-electron chi connectivity index (χ0n) is 9.98. The van der Waals surface area contributed by atoms with E-state index in [1.807, 2.05) is 0 Å². The van der Waals surface area contributed by atoms with Crippen LogP contribution in [0, 0.1) is 0 Å². The molecule has 0 saturated heterocycles. The molecule has 0 unspecified atom stereocenters. The van der Waals surface area contributed by atoms with Crippen LogP contribution in [-0.4, -0.2) is 18.1 Å². The lowest BCUT2D eigenvalue weighted by Crippen LogP contribution is -2.02. The fraction of sp³-hybridized carbons (Fsp3) is 0.0769. The summed E-state index contributed by atoms with van der Waals surface area (Å²) in [5.74, 6) is 0.0277. The Hall–Kier alpha value is -1.78. The number of esters is 1. The molecule has 1 aromatic carbocycles. The van der Waals surface area contributed by atoms with Crippen LogP contribution in [0.5, 0.6) is 0 Å². The molecule has 0 aliphatic carbocycles. The number of hydrogen-bond acceptors (Lipinski definition) is 4. The van der Waals surface area contributed by atoms with Gasteiger partial charge in [-0.25, -0.2) is 9.78 Å². The highest BCUT2D eigenvalue weighted by molar-refractivity contribution is 6.34. The minimum Gasteiger partial charge on any atom is -0.465 e. The molecule has 1 N–H and O–H groups in total. The number of carbonyl (C=O) groups is 1. The van der Waals surface area contributed by atoms with Crippen molar-refractivity contribution in [1.29, 1.82) is 0 Å². The normalized spacial score (nSPS) is 10.1. The van der Waals surface area contributed by atoms with Crippen molar-refractivity contribution >= 4 is 40.7 Å². The molecule has 6 heteroatoms. The maximum absolute atomic E-state index is 11.5. The van der Waals surface area contributed by atoms with Gasteiger partial charge in [0.15, 0.2) is 0 Å². The van der Waals surface area contributed by atoms with Crippen molar-refractivity contribution in [3.8, 4) is 0 Å². The Morgan fingerprint density at radius 2 is 2.05 bits per heavy atom. The molecule has 0 aliphatic heterocycles. The van der Waals surface area contributed by atoms with Gasteiger partial charge < -0.3 is 10.1 Å². The fourth-order valence-electron chi connectivity index (χ4n) is 1.47. The van der Waals surface area contributed by atoms with Crippen LogP contribution in [0.1, 0.15) is 10.4 Å². The van der Waals surface area contributed by atoms with E-state index >= 15 is 0 Å². The van der Waals surface area contributed by atoms with Crippen LogP contribution in [0.2, 0.25) is 10.0 Å². The number of ether oxygens (including phenoxy) is 1. The van der Waals surface area contributed by atoms with Gasteiger partial charge in [0.25, 0.3) is 0 Å². The average molecular weight is 297 g/mol. The second-order valence-corrected chi connectivity index (χ2v) is 4.46. The first-order chi connectivity index (χ1) is 9.11. The van der Waals surface area contributed by atoms with Crippen LogP contribution in [-0.2, 0) is 4.74 Å². The Bertz CT molecular complexity index is 617. The van der Waals surface area contributed by atoms with Crippen molar-refractivity contribution in [2.24, 2.45) is 0 Å². The van der Waals surface area contributed by atoms with Crippen LogP contribution >= 0.6 is 23.2 Å². The summed E-state index contributed by atoms with van der Waals surface area (Å²) in [6.07, 6.45) is 1.60. The lowest BCUT2D eigenvalue weighted by atomic mass is 10.2. The van der Waals surface area contributed by atoms with Crippen molar-refractivity contribution < 1.29 is 9.53 Å². The molecule has 0 fully saturated rings. The summed E-state index contributed by atoms with van der Waals surface area (Å²) in [7, 11) is 1.32. The van der Waals surface area contributed by atoms with E-state index in [-0.39, 0.29) is 0 Å². The number of methoxy groups -OCH3 is 1. The number of nitrogens with one attached hydrogen (secondary N) is 1. The van der Waals surface area contributed by atoms with Crippen LogP contribution < -0.4 is 5.32 Å². The molecule has 0 aliphatic rings. The molecular formula is C13H10Cl2N2O2. The third kappa shape index (κ3) is 3.16. The largest absolute Gasteiger partial charge is 0.465 e. The fourth-order valence-corrected chi connectivity index (χ4v) is 1.80. The highest BCUT2D eigenvalue weighted by Crippen LogP contribution is 2.29. The number of aromatic nitrogens is 1. The molecule has 0 radical (unpaired) electrons. The minimum atomic E-state index is -0.438. The number of nitrogens with zero attached hydrogens (tertiary/aromatic N) is 1. The van der Waals surface area contributed by atoms with Crippen LogP contribution in [0.3, 0.4) is 0 Å². The van der Waals surface area contributed by atoms with E-state index in [0.717, 1.165) is 0 Å². The van der Waals surface area contributed by atoms with Crippen molar-refractivity contribution in [3.05, 3.63) is 52.1 Å². The van der Waals surface area contributed by atoms with E-state index in [1.165, 1.54) is 7.11 Å². The Kier molecular flexibility index (Phi) is 4.24. The summed E-state index contributed by atoms with van der Waals surface area (Å²) in [4.78, 5) is 15.6. The SMILES string of the molecule is COC(=O)c1ccc(Cl)c(Nc2ncccc2Cl)c1. The first kappa shape index (κ1) is 13.6. The lowest BCUT2D eigenvalue weighted by molar-refractivity contribution is 0.0601. The predicted octanol–water partition coefficient (Wildman–Crippen LogP) is 3.92. The molecule has 1 heterocycles. The first-order valence-electron chi connectivity index (χ1n) is 5.37. The molecule has 98 valence electrons. The van der Waals surface area contributed by atoms with E-state index in [4.69, 9.17) is 23.2 Å². The predicted molar refractivity (Wildman–Crippen MR) is 75.3 cm³/mol. The van der Waals surface area contributed by atoms with Gasteiger partial charge >= 0.3 is 5.97 Å². The van der Waals surface area contributed by atoms with E-state index in [0.29, 0.717) is 27.1 Å². The second-order valence-electron chi connectivity index (χ2n) is 3.65. The summed E-state index contributed by atoms with van der Waals surface area (Å²) in [5, 5.41) is 3.89. The van der Waals surface area contributed by atoms with Gasteiger partial charge in [-0.3, -0.25) is 0 Å². The summed E-state index contributed by atoms with van der Waals surface area (Å²) in [6, 6.07) is 8.19. The standard InChI is InChI=1S/C13H10Cl2N2O2/c1-19-13(18)8-4-5-9(14)11(7-8)17-12-10(15)3-2-6-16-12/h2-7H,1H3,(H,16,17). The third-order valence-corrected chi connectivity index (χ3v) is 3.03. The molecule has 4 nitrogen and oxygen atoms in total. The molecule has 1 aromatic heterocycles. The molecule has 2 rings (SSSR count). The van der Waals surface area contributed by atoms with Gasteiger partial charge in [0.2, 0.25) is 0 Å². The van der Waals surface area contributed by atoms with Crippen molar-refractivity contribution in [3.63, 3.8) is 0 Å². The van der Waals surface area contributed by atoms with Gasteiger partial charge in [-0.1, -0.05) is 23.2 Å². The number of carbonyl (C=O) groups excluding carboxylic acids is 1. The lowest BCUT2D eigenvalue weighted by Gasteiger charge is -2.10. The second kappa shape index (κ2) is 5.91. The molecule has 0 saturated carbocycles. The van der Waals surface area contributed by atoms with Gasteiger partial charge in [-0.2, -0.15) is 0 Å². The van der Waals surface area contributed by atoms with Crippen molar-refractivity contribution in [1.82, 2.24) is 4.98 Å². The number of benzene rings is 1. The van der Waals surface area contributed by atoms with Gasteiger partial charge in [0, 0.05) is 6.20 Å². The molecule has 0 spiro atoms. The van der Waals surface area contributed by atoms with Gasteiger partial charge in [-0.15, -0.1) is 0 Å². The van der Waals surface area contributed by atoms with Gasteiger partial charge in [-0.05, 0) is 30.3 Å². The summed E-state index contributed by atoms with van der Waals surface area (Å²) in [6.45, 7) is 0. The van der Waals surface area contributed by atoms with E-state index in [2.05, 4.69) is 15.0 Å². The topological polar surface area (TPSA) is 51.2 Å². The number of anilines is 2. The molecule has 0 amide bonds. The zero-order chi connectivity index (χ0) is 13.8. The Balaban J connectivity index is 2.34. The average Bonchev–Trinajstić information content (AvgIpc) is 2.42. The van der Waals surface area contributed by atoms with E-state index < -0.39 is 5.97 Å². The highest BCUT2D eigenvalue weighted by Gasteiger charge is 2.10. The Morgan fingerprint density at radius 1 is 1.26 bits per heavy atom. The summed E-state index contributed by atoms with van der Waals surface area (Å²) < 4.78 is 4.65. The van der Waals surface area contributed by atoms with Gasteiger partial charge in [0.1, 0.15) is 5.82 Å². The maximum Gasteiger partial charge on any atom is 0.337 e. The molecule has 2 aromatic rings. The zero-order valence-corrected chi connectivity index (χ0v) is 11.5. The maximum atomic E-state index is 11.5. The summed E-state index contributed by atoms with van der Waals surface area (Å²) in [5.41, 5.74) is 0.923. The van der Waals surface area contributed by atoms with Crippen molar-refractivity contribution in [2.75, 3.05) is 12.4 Å². The molecule has 0 bridgehead atoms. The number of hydrogen-bond donors (Lipinski definition) is 1. The molecular weight excluding hydrogens is 287 g/mol. The van der Waals surface area contributed by atoms with Crippen LogP contribution in [0.25, 0.3) is 0 Å². The summed E-state index contributed by atoms with van der Waals surface area (Å²) >= 11 is 12.1. The third-order valence-electron chi connectivity index (χ3n) is 2.40. The molecule has 19 heavy (non-hydrogen) atoms. The smallest absolute Gasteiger partial charge is 0.337 e. The monoisotopic (exact) mass is 296 g/mol. The molecule has 0 atom stereocenters.